The normalized spacial score (nSPS) is 13.5. The molecule has 6 rings (SSSR count). The summed E-state index contributed by atoms with van der Waals surface area (Å²) >= 11 is 1.55. The molecule has 1 aliphatic rings. The van der Waals surface area contributed by atoms with Gasteiger partial charge in [-0.3, -0.25) is 6.08 Å². The maximum absolute atomic E-state index is 3.40. The molecule has 0 saturated carbocycles. The second-order valence-corrected chi connectivity index (χ2v) is 17.3. The minimum absolute atomic E-state index is 0. The van der Waals surface area contributed by atoms with E-state index in [0.717, 1.165) is 0 Å². The Labute approximate surface area is 325 Å². The van der Waals surface area contributed by atoms with Crippen LogP contribution in [-0.2, 0) is 24.2 Å². The molecule has 0 fully saturated rings. The molecule has 5 aromatic rings. The summed E-state index contributed by atoms with van der Waals surface area (Å²) in [5.41, 5.74) is 15.1. The summed E-state index contributed by atoms with van der Waals surface area (Å²) in [4.78, 5) is 0. The van der Waals surface area contributed by atoms with Crippen molar-refractivity contribution in [1.29, 1.82) is 0 Å². The van der Waals surface area contributed by atoms with Gasteiger partial charge in [0, 0.05) is 0 Å². The quantitative estimate of drug-likeness (QED) is 0.168. The summed E-state index contributed by atoms with van der Waals surface area (Å²) in [7, 11) is 0. The van der Waals surface area contributed by atoms with Crippen LogP contribution in [0.25, 0.3) is 43.8 Å². The fourth-order valence-electron chi connectivity index (χ4n) is 7.06. The van der Waals surface area contributed by atoms with E-state index in [1.165, 1.54) is 98.8 Å². The van der Waals surface area contributed by atoms with Gasteiger partial charge in [0.15, 0.2) is 0 Å². The summed E-state index contributed by atoms with van der Waals surface area (Å²) < 4.78 is 1.51. The summed E-state index contributed by atoms with van der Waals surface area (Å²) in [6.07, 6.45) is 10.4. The fourth-order valence-corrected chi connectivity index (χ4v) is 7.06. The number of allylic oxidation sites excluding steroid dienone is 4. The molecule has 0 bridgehead atoms. The number of rotatable bonds is 4. The Bertz CT molecular complexity index is 1810. The molecule has 1 aliphatic carbocycles. The minimum Gasteiger partial charge on any atom is -1.00 e. The van der Waals surface area contributed by atoms with Crippen LogP contribution < -0.4 is 24.8 Å². The molecule has 5 aromatic carbocycles. The van der Waals surface area contributed by atoms with E-state index in [1.54, 1.807) is 24.2 Å². The molecule has 0 nitrogen and oxygen atoms in total. The Morgan fingerprint density at radius 2 is 1.08 bits per heavy atom. The van der Waals surface area contributed by atoms with Gasteiger partial charge < -0.3 is 24.8 Å². The van der Waals surface area contributed by atoms with Crippen LogP contribution in [0.1, 0.15) is 87.8 Å². The summed E-state index contributed by atoms with van der Waals surface area (Å²) in [5, 5.41) is 5.32. The largest absolute Gasteiger partial charge is 1.00 e. The first-order valence-corrected chi connectivity index (χ1v) is 18.4. The standard InChI is InChI=1S/C31H29.C12H19.C3H6.2ClH.Zr/c1-18-11-20(3)30(21(4)12-18)24-7-9-28-26(15-24)17-27-16-25(8-10-29(27)28)31-22(5)13-19(2)14-23(31)6;1-5-6-10-7-8-11(9-10)12(2,3)4;1-3-2;;;/h7-17H,1-6H3;8-10H,5-6H2,1-4H3;1-2H3;2*1H;/q2*-1;;;;+2/p-2. The average Bonchev–Trinajstić information content (AvgIpc) is 3.56. The Morgan fingerprint density at radius 1 is 0.694 bits per heavy atom. The van der Waals surface area contributed by atoms with Crippen molar-refractivity contribution in [3.05, 3.63) is 124 Å². The zero-order valence-corrected chi connectivity index (χ0v) is 35.7. The topological polar surface area (TPSA) is 0 Å². The van der Waals surface area contributed by atoms with Crippen molar-refractivity contribution < 1.29 is 49.0 Å². The maximum atomic E-state index is 3.40. The number of fused-ring (bicyclic) bond motifs is 3. The third-order valence-electron chi connectivity index (χ3n) is 8.94. The van der Waals surface area contributed by atoms with E-state index < -0.39 is 0 Å². The molecule has 49 heavy (non-hydrogen) atoms. The molecular formula is C46H54Cl2Zr-2. The van der Waals surface area contributed by atoms with E-state index in [-0.39, 0.29) is 24.8 Å². The molecular weight excluding hydrogens is 715 g/mol. The van der Waals surface area contributed by atoms with E-state index in [4.69, 9.17) is 0 Å². The smallest absolute Gasteiger partial charge is 0.0200 e. The molecule has 0 heterocycles. The zero-order valence-electron chi connectivity index (χ0n) is 31.8. The SMILES string of the molecule is CCCC1[C-]=CC(C(C)(C)C)=C1.C[C](C)=[Zr+2].Cc1cc(C)c(-c2ccc3c(c2)[cH-]c2cc(-c4c(C)cc(C)cc4C)ccc23)c(C)c1.[Cl-].[Cl-]. The van der Waals surface area contributed by atoms with Crippen LogP contribution in [-0.4, -0.2) is 3.21 Å². The predicted molar refractivity (Wildman–Crippen MR) is 206 cm³/mol. The predicted octanol–water partition coefficient (Wildman–Crippen LogP) is 7.40. The van der Waals surface area contributed by atoms with E-state index in [1.807, 2.05) is 0 Å². The first-order valence-electron chi connectivity index (χ1n) is 17.2. The Morgan fingerprint density at radius 3 is 1.41 bits per heavy atom. The van der Waals surface area contributed by atoms with Crippen LogP contribution in [0, 0.1) is 59.0 Å². The van der Waals surface area contributed by atoms with Crippen molar-refractivity contribution in [3.8, 4) is 22.3 Å². The average molecular weight is 769 g/mol. The molecule has 0 spiro atoms. The summed E-state index contributed by atoms with van der Waals surface area (Å²) in [5.74, 6) is 0.587. The van der Waals surface area contributed by atoms with E-state index >= 15 is 0 Å². The van der Waals surface area contributed by atoms with Crippen LogP contribution in [0.15, 0.2) is 84.5 Å². The van der Waals surface area contributed by atoms with Crippen molar-refractivity contribution in [2.24, 2.45) is 11.3 Å². The van der Waals surface area contributed by atoms with Crippen LogP contribution in [0.4, 0.5) is 0 Å². The van der Waals surface area contributed by atoms with Gasteiger partial charge in [0.05, 0.1) is 0 Å². The second kappa shape index (κ2) is 18.2. The third kappa shape index (κ3) is 10.8. The van der Waals surface area contributed by atoms with Crippen molar-refractivity contribution in [2.45, 2.75) is 95.9 Å². The molecule has 0 aromatic heterocycles. The number of benzene rings is 4. The third-order valence-corrected chi connectivity index (χ3v) is 8.94. The second-order valence-electron chi connectivity index (χ2n) is 14.9. The monoisotopic (exact) mass is 766 g/mol. The molecule has 1 unspecified atom stereocenters. The van der Waals surface area contributed by atoms with Crippen LogP contribution in [0.5, 0.6) is 0 Å². The molecule has 0 saturated heterocycles. The van der Waals surface area contributed by atoms with Gasteiger partial charge in [0.2, 0.25) is 0 Å². The molecule has 3 heteroatoms. The molecule has 1 atom stereocenters. The van der Waals surface area contributed by atoms with Gasteiger partial charge in [-0.2, -0.15) is 11.6 Å². The van der Waals surface area contributed by atoms with Crippen molar-refractivity contribution >= 4 is 24.8 Å². The number of aryl methyl sites for hydroxylation is 6. The number of halogens is 2. The minimum atomic E-state index is 0. The zero-order chi connectivity index (χ0) is 34.6. The Hall–Kier alpha value is -2.44. The number of hydrogen-bond donors (Lipinski definition) is 0. The Kier molecular flexibility index (Phi) is 15.8. The van der Waals surface area contributed by atoms with Gasteiger partial charge in [-0.05, 0) is 74.9 Å². The summed E-state index contributed by atoms with van der Waals surface area (Å²) in [6, 6.07) is 25.4. The van der Waals surface area contributed by atoms with Gasteiger partial charge in [0.25, 0.3) is 0 Å². The summed E-state index contributed by atoms with van der Waals surface area (Å²) in [6.45, 7) is 26.5. The van der Waals surface area contributed by atoms with Crippen molar-refractivity contribution in [3.63, 3.8) is 0 Å². The molecule has 0 aliphatic heterocycles. The van der Waals surface area contributed by atoms with E-state index in [0.29, 0.717) is 11.3 Å². The van der Waals surface area contributed by atoms with Crippen LogP contribution >= 0.6 is 0 Å². The van der Waals surface area contributed by atoms with Crippen molar-refractivity contribution in [1.82, 2.24) is 0 Å². The van der Waals surface area contributed by atoms with E-state index in [2.05, 4.69) is 168 Å². The molecule has 0 N–H and O–H groups in total. The van der Waals surface area contributed by atoms with Crippen LogP contribution in [0.2, 0.25) is 0 Å². The van der Waals surface area contributed by atoms with Gasteiger partial charge in [-0.25, -0.2) is 6.08 Å². The maximum Gasteiger partial charge on any atom is -0.0200 e. The Balaban J connectivity index is 0.000000389. The molecule has 0 amide bonds. The number of hydrogen-bond acceptors (Lipinski definition) is 0. The van der Waals surface area contributed by atoms with Crippen molar-refractivity contribution in [2.75, 3.05) is 0 Å². The first kappa shape index (κ1) is 42.7. The van der Waals surface area contributed by atoms with E-state index in [9.17, 15) is 0 Å². The van der Waals surface area contributed by atoms with Gasteiger partial charge in [-0.15, -0.1) is 39.7 Å². The van der Waals surface area contributed by atoms with Gasteiger partial charge in [-0.1, -0.05) is 123 Å². The van der Waals surface area contributed by atoms with Crippen LogP contribution in [0.3, 0.4) is 0 Å². The molecule has 0 radical (unpaired) electrons. The van der Waals surface area contributed by atoms with Gasteiger partial charge in [0.1, 0.15) is 0 Å². The fraction of sp³-hybridized carbons (Fsp3) is 0.348. The molecule has 258 valence electrons. The van der Waals surface area contributed by atoms with Gasteiger partial charge >= 0.3 is 41.3 Å². The first-order chi connectivity index (χ1) is 22.1.